The maximum Gasteiger partial charge on any atom is 0.243 e. The predicted molar refractivity (Wildman–Crippen MR) is 79.2 cm³/mol. The van der Waals surface area contributed by atoms with Crippen LogP contribution >= 0.6 is 0 Å². The predicted octanol–water partition coefficient (Wildman–Crippen LogP) is 1.68. The highest BCUT2D eigenvalue weighted by molar-refractivity contribution is 7.89. The van der Waals surface area contributed by atoms with Crippen molar-refractivity contribution in [3.63, 3.8) is 0 Å². The highest BCUT2D eigenvalue weighted by Gasteiger charge is 2.48. The van der Waals surface area contributed by atoms with Crippen LogP contribution in [0.1, 0.15) is 24.0 Å². The molecule has 0 atom stereocenters. The number of hydrogen-bond donors (Lipinski definition) is 1. The first kappa shape index (κ1) is 14.0. The van der Waals surface area contributed by atoms with E-state index in [1.54, 1.807) is 10.4 Å². The Morgan fingerprint density at radius 3 is 2.40 bits per heavy atom. The van der Waals surface area contributed by atoms with Crippen LogP contribution in [0, 0.1) is 19.3 Å². The van der Waals surface area contributed by atoms with Gasteiger partial charge in [0.2, 0.25) is 10.0 Å². The molecule has 1 N–H and O–H groups in total. The number of nitrogens with one attached hydrogen (secondary N) is 1. The van der Waals surface area contributed by atoms with Gasteiger partial charge in [-0.1, -0.05) is 17.7 Å². The van der Waals surface area contributed by atoms with Gasteiger partial charge in [0.05, 0.1) is 4.90 Å². The molecule has 2 saturated heterocycles. The van der Waals surface area contributed by atoms with Crippen LogP contribution in [0.15, 0.2) is 23.1 Å². The van der Waals surface area contributed by atoms with E-state index in [1.165, 1.54) is 0 Å². The second kappa shape index (κ2) is 4.83. The molecular formula is C15H22N2O2S. The lowest BCUT2D eigenvalue weighted by Crippen LogP contribution is -2.61. The minimum atomic E-state index is -3.31. The van der Waals surface area contributed by atoms with E-state index in [-0.39, 0.29) is 5.41 Å². The van der Waals surface area contributed by atoms with Crippen molar-refractivity contribution >= 4 is 10.0 Å². The zero-order valence-electron chi connectivity index (χ0n) is 12.1. The first-order valence-electron chi connectivity index (χ1n) is 7.21. The van der Waals surface area contributed by atoms with Gasteiger partial charge in [0, 0.05) is 18.5 Å². The summed E-state index contributed by atoms with van der Waals surface area (Å²) in [6, 6.07) is 5.56. The molecule has 3 rings (SSSR count). The van der Waals surface area contributed by atoms with Gasteiger partial charge in [0.25, 0.3) is 0 Å². The highest BCUT2D eigenvalue weighted by Crippen LogP contribution is 2.41. The van der Waals surface area contributed by atoms with Crippen LogP contribution in [0.2, 0.25) is 0 Å². The molecular weight excluding hydrogens is 272 g/mol. The average Bonchev–Trinajstić information content (AvgIpc) is 2.36. The molecule has 0 radical (unpaired) electrons. The fourth-order valence-corrected chi connectivity index (χ4v) is 5.24. The smallest absolute Gasteiger partial charge is 0.243 e. The van der Waals surface area contributed by atoms with Crippen LogP contribution < -0.4 is 5.32 Å². The number of nitrogens with zero attached hydrogens (tertiary/aromatic N) is 1. The van der Waals surface area contributed by atoms with Crippen LogP contribution in [0.25, 0.3) is 0 Å². The third kappa shape index (κ3) is 2.28. The third-order valence-electron chi connectivity index (χ3n) is 4.64. The second-order valence-electron chi connectivity index (χ2n) is 6.29. The molecule has 0 amide bonds. The summed E-state index contributed by atoms with van der Waals surface area (Å²) >= 11 is 0. The fourth-order valence-electron chi connectivity index (χ4n) is 3.37. The van der Waals surface area contributed by atoms with Gasteiger partial charge in [-0.15, -0.1) is 0 Å². The van der Waals surface area contributed by atoms with Crippen molar-refractivity contribution in [1.29, 1.82) is 0 Å². The van der Waals surface area contributed by atoms with Crippen molar-refractivity contribution in [1.82, 2.24) is 9.62 Å². The van der Waals surface area contributed by atoms with E-state index >= 15 is 0 Å². The number of aryl methyl sites for hydroxylation is 2. The molecule has 0 saturated carbocycles. The minimum absolute atomic E-state index is 0.233. The van der Waals surface area contributed by atoms with Gasteiger partial charge in [-0.2, -0.15) is 4.31 Å². The molecule has 20 heavy (non-hydrogen) atoms. The minimum Gasteiger partial charge on any atom is -0.317 e. The van der Waals surface area contributed by atoms with Gasteiger partial charge < -0.3 is 5.32 Å². The van der Waals surface area contributed by atoms with Crippen molar-refractivity contribution in [2.75, 3.05) is 26.2 Å². The van der Waals surface area contributed by atoms with Crippen LogP contribution in [-0.2, 0) is 10.0 Å². The largest absolute Gasteiger partial charge is 0.317 e. The summed E-state index contributed by atoms with van der Waals surface area (Å²) in [6.07, 6.45) is 2.18. The lowest BCUT2D eigenvalue weighted by Gasteiger charge is -2.51. The van der Waals surface area contributed by atoms with E-state index in [0.717, 1.165) is 37.1 Å². The normalized spacial score (nSPS) is 22.7. The Labute approximate surface area is 121 Å². The lowest BCUT2D eigenvalue weighted by atomic mass is 9.74. The first-order chi connectivity index (χ1) is 9.43. The van der Waals surface area contributed by atoms with Crippen LogP contribution in [0.5, 0.6) is 0 Å². The van der Waals surface area contributed by atoms with Crippen molar-refractivity contribution in [2.24, 2.45) is 5.41 Å². The molecule has 5 heteroatoms. The Morgan fingerprint density at radius 2 is 1.80 bits per heavy atom. The molecule has 0 bridgehead atoms. The summed E-state index contributed by atoms with van der Waals surface area (Å²) in [5, 5.41) is 3.34. The Morgan fingerprint density at radius 1 is 1.15 bits per heavy atom. The summed E-state index contributed by atoms with van der Waals surface area (Å²) in [5.41, 5.74) is 2.17. The number of benzene rings is 1. The molecule has 4 nitrogen and oxygen atoms in total. The van der Waals surface area contributed by atoms with E-state index in [0.29, 0.717) is 18.0 Å². The SMILES string of the molecule is Cc1ccc(S(=O)(=O)N2CC3(CCNCC3)C2)c(C)c1. The number of hydrogen-bond acceptors (Lipinski definition) is 3. The average molecular weight is 294 g/mol. The first-order valence-corrected chi connectivity index (χ1v) is 8.65. The van der Waals surface area contributed by atoms with Gasteiger partial charge in [0.15, 0.2) is 0 Å². The summed E-state index contributed by atoms with van der Waals surface area (Å²) < 4.78 is 27.0. The number of sulfonamides is 1. The van der Waals surface area contributed by atoms with Crippen molar-refractivity contribution in [2.45, 2.75) is 31.6 Å². The van der Waals surface area contributed by atoms with Crippen molar-refractivity contribution < 1.29 is 8.42 Å². The molecule has 0 aromatic heterocycles. The van der Waals surface area contributed by atoms with Gasteiger partial charge in [-0.25, -0.2) is 8.42 Å². The second-order valence-corrected chi connectivity index (χ2v) is 8.20. The Hall–Kier alpha value is -0.910. The molecule has 1 aromatic rings. The topological polar surface area (TPSA) is 49.4 Å². The molecule has 1 aromatic carbocycles. The Kier molecular flexibility index (Phi) is 3.39. The maximum absolute atomic E-state index is 12.7. The summed E-state index contributed by atoms with van der Waals surface area (Å²) in [7, 11) is -3.31. The van der Waals surface area contributed by atoms with Crippen molar-refractivity contribution in [3.05, 3.63) is 29.3 Å². The lowest BCUT2D eigenvalue weighted by molar-refractivity contribution is 0.0373. The van der Waals surface area contributed by atoms with Gasteiger partial charge >= 0.3 is 0 Å². The molecule has 1 spiro atoms. The summed E-state index contributed by atoms with van der Waals surface area (Å²) in [5.74, 6) is 0. The Balaban J connectivity index is 1.80. The van der Waals surface area contributed by atoms with E-state index < -0.39 is 10.0 Å². The maximum atomic E-state index is 12.7. The number of rotatable bonds is 2. The molecule has 110 valence electrons. The molecule has 2 heterocycles. The molecule has 2 aliphatic rings. The monoisotopic (exact) mass is 294 g/mol. The van der Waals surface area contributed by atoms with E-state index in [2.05, 4.69) is 5.32 Å². The highest BCUT2D eigenvalue weighted by atomic mass is 32.2. The third-order valence-corrected chi connectivity index (χ3v) is 6.59. The zero-order valence-corrected chi connectivity index (χ0v) is 13.0. The quantitative estimate of drug-likeness (QED) is 0.903. The van der Waals surface area contributed by atoms with Crippen LogP contribution in [0.3, 0.4) is 0 Å². The van der Waals surface area contributed by atoms with Crippen LogP contribution in [-0.4, -0.2) is 38.9 Å². The molecule has 2 aliphatic heterocycles. The molecule has 0 aliphatic carbocycles. The van der Waals surface area contributed by atoms with Crippen LogP contribution in [0.4, 0.5) is 0 Å². The molecule has 2 fully saturated rings. The van der Waals surface area contributed by atoms with Gasteiger partial charge in [0.1, 0.15) is 0 Å². The van der Waals surface area contributed by atoms with Crippen molar-refractivity contribution in [3.8, 4) is 0 Å². The summed E-state index contributed by atoms with van der Waals surface area (Å²) in [4.78, 5) is 0.465. The van der Waals surface area contributed by atoms with E-state index in [9.17, 15) is 8.42 Å². The van der Waals surface area contributed by atoms with Gasteiger partial charge in [-0.05, 0) is 51.4 Å². The number of piperidine rings is 1. The van der Waals surface area contributed by atoms with E-state index in [1.807, 2.05) is 26.0 Å². The fraction of sp³-hybridized carbons (Fsp3) is 0.600. The summed E-state index contributed by atoms with van der Waals surface area (Å²) in [6.45, 7) is 7.25. The van der Waals surface area contributed by atoms with Gasteiger partial charge in [-0.3, -0.25) is 0 Å². The van der Waals surface area contributed by atoms with E-state index in [4.69, 9.17) is 0 Å². The Bertz CT molecular complexity index is 611. The molecule has 0 unspecified atom stereocenters. The standard InChI is InChI=1S/C15H22N2O2S/c1-12-3-4-14(13(2)9-12)20(18,19)17-10-15(11-17)5-7-16-8-6-15/h3-4,9,16H,5-8,10-11H2,1-2H3. The zero-order chi connectivity index (χ0) is 14.4.